The van der Waals surface area contributed by atoms with Crippen LogP contribution in [-0.4, -0.2) is 67.4 Å². The van der Waals surface area contributed by atoms with Crippen molar-refractivity contribution in [2.75, 3.05) is 56.7 Å². The number of nitrogens with zero attached hydrogens (tertiary/aromatic N) is 4. The summed E-state index contributed by atoms with van der Waals surface area (Å²) < 4.78 is 18.0. The third-order valence-corrected chi connectivity index (χ3v) is 4.47. The lowest BCUT2D eigenvalue weighted by atomic mass is 10.2. The van der Waals surface area contributed by atoms with Gasteiger partial charge in [0.1, 0.15) is 11.6 Å². The third kappa shape index (κ3) is 5.13. The Kier molecular flexibility index (Phi) is 6.54. The fourth-order valence-corrected chi connectivity index (χ4v) is 2.96. The topological polar surface area (TPSA) is 70.6 Å². The average molecular weight is 373 g/mol. The fourth-order valence-electron chi connectivity index (χ4n) is 2.96. The number of piperazine rings is 1. The van der Waals surface area contributed by atoms with Crippen molar-refractivity contribution < 1.29 is 13.9 Å². The van der Waals surface area contributed by atoms with E-state index in [0.29, 0.717) is 44.3 Å². The molecular weight excluding hydrogens is 349 g/mol. The summed E-state index contributed by atoms with van der Waals surface area (Å²) >= 11 is 0. The second kappa shape index (κ2) is 9.27. The molecule has 2 aromatic rings. The maximum atomic E-state index is 13.0. The first-order valence-electron chi connectivity index (χ1n) is 9.03. The van der Waals surface area contributed by atoms with Gasteiger partial charge in [-0.25, -0.2) is 4.39 Å². The molecule has 0 aliphatic carbocycles. The Balaban J connectivity index is 1.50. The molecule has 3 rings (SSSR count). The van der Waals surface area contributed by atoms with E-state index in [1.807, 2.05) is 0 Å². The molecule has 0 radical (unpaired) electrons. The highest BCUT2D eigenvalue weighted by atomic mass is 19.1. The highest BCUT2D eigenvalue weighted by Crippen LogP contribution is 2.17. The molecule has 0 atom stereocenters. The Labute approximate surface area is 158 Å². The highest BCUT2D eigenvalue weighted by Gasteiger charge is 2.23. The molecule has 8 heteroatoms. The molecule has 1 aromatic carbocycles. The van der Waals surface area contributed by atoms with E-state index in [1.165, 1.54) is 12.1 Å². The monoisotopic (exact) mass is 373 g/mol. The second-order valence-electron chi connectivity index (χ2n) is 6.33. The molecule has 0 spiro atoms. The maximum absolute atomic E-state index is 13.0. The van der Waals surface area contributed by atoms with Crippen molar-refractivity contribution in [1.82, 2.24) is 15.1 Å². The molecule has 0 bridgehead atoms. The van der Waals surface area contributed by atoms with Crippen molar-refractivity contribution in [2.24, 2.45) is 0 Å². The largest absolute Gasteiger partial charge is 0.385 e. The van der Waals surface area contributed by atoms with Crippen molar-refractivity contribution in [3.63, 3.8) is 0 Å². The molecule has 1 saturated heterocycles. The number of carbonyl (C=O) groups excluding carboxylic acids is 1. The molecule has 1 N–H and O–H groups in total. The van der Waals surface area contributed by atoms with E-state index in [9.17, 15) is 9.18 Å². The number of amides is 1. The lowest BCUT2D eigenvalue weighted by Crippen LogP contribution is -2.49. The summed E-state index contributed by atoms with van der Waals surface area (Å²) in [4.78, 5) is 16.5. The van der Waals surface area contributed by atoms with Crippen LogP contribution >= 0.6 is 0 Å². The van der Waals surface area contributed by atoms with Gasteiger partial charge in [-0.3, -0.25) is 4.79 Å². The van der Waals surface area contributed by atoms with E-state index in [4.69, 9.17) is 4.74 Å². The van der Waals surface area contributed by atoms with E-state index in [-0.39, 0.29) is 11.7 Å². The van der Waals surface area contributed by atoms with Gasteiger partial charge in [-0.05, 0) is 42.8 Å². The summed E-state index contributed by atoms with van der Waals surface area (Å²) in [7, 11) is 1.67. The SMILES string of the molecule is COCCCNc1ccc(C(=O)N2CCN(c3ccc(F)cc3)CC2)nn1. The number of halogens is 1. The summed E-state index contributed by atoms with van der Waals surface area (Å²) in [5.41, 5.74) is 1.31. The number of nitrogens with one attached hydrogen (secondary N) is 1. The predicted molar refractivity (Wildman–Crippen MR) is 102 cm³/mol. The zero-order valence-electron chi connectivity index (χ0n) is 15.4. The number of aromatic nitrogens is 2. The number of rotatable bonds is 7. The molecule has 1 aromatic heterocycles. The smallest absolute Gasteiger partial charge is 0.274 e. The quantitative estimate of drug-likeness (QED) is 0.749. The van der Waals surface area contributed by atoms with Crippen LogP contribution in [0.4, 0.5) is 15.9 Å². The molecule has 1 aliphatic rings. The molecule has 1 aliphatic heterocycles. The van der Waals surface area contributed by atoms with E-state index in [0.717, 1.165) is 18.7 Å². The van der Waals surface area contributed by atoms with Crippen LogP contribution in [-0.2, 0) is 4.74 Å². The Bertz CT molecular complexity index is 731. The first kappa shape index (κ1) is 19.0. The first-order chi connectivity index (χ1) is 13.2. The number of benzene rings is 1. The van der Waals surface area contributed by atoms with Crippen LogP contribution in [0.2, 0.25) is 0 Å². The van der Waals surface area contributed by atoms with E-state index < -0.39 is 0 Å². The van der Waals surface area contributed by atoms with Gasteiger partial charge < -0.3 is 19.9 Å². The predicted octanol–water partition coefficient (Wildman–Crippen LogP) is 2.03. The minimum Gasteiger partial charge on any atom is -0.385 e. The lowest BCUT2D eigenvalue weighted by Gasteiger charge is -2.35. The summed E-state index contributed by atoms with van der Waals surface area (Å²) in [5, 5.41) is 11.3. The van der Waals surface area contributed by atoms with Crippen molar-refractivity contribution in [3.8, 4) is 0 Å². The highest BCUT2D eigenvalue weighted by molar-refractivity contribution is 5.92. The van der Waals surface area contributed by atoms with Crippen molar-refractivity contribution in [1.29, 1.82) is 0 Å². The molecule has 0 unspecified atom stereocenters. The standard InChI is InChI=1S/C19H24FN5O2/c1-27-14-2-9-21-18-8-7-17(22-23-18)19(26)25-12-10-24(11-13-25)16-5-3-15(20)4-6-16/h3-8H,2,9-14H2,1H3,(H,21,23). The average Bonchev–Trinajstić information content (AvgIpc) is 2.72. The number of anilines is 2. The number of methoxy groups -OCH3 is 1. The molecule has 7 nitrogen and oxygen atoms in total. The van der Waals surface area contributed by atoms with Gasteiger partial charge in [-0.2, -0.15) is 0 Å². The second-order valence-corrected chi connectivity index (χ2v) is 6.33. The normalized spacial score (nSPS) is 14.3. The van der Waals surface area contributed by atoms with Crippen LogP contribution in [0.5, 0.6) is 0 Å². The van der Waals surface area contributed by atoms with E-state index >= 15 is 0 Å². The van der Waals surface area contributed by atoms with Crippen LogP contribution in [0.3, 0.4) is 0 Å². The molecule has 1 amide bonds. The number of hydrogen-bond donors (Lipinski definition) is 1. The van der Waals surface area contributed by atoms with Gasteiger partial charge in [0, 0.05) is 52.1 Å². The van der Waals surface area contributed by atoms with Crippen LogP contribution in [0.15, 0.2) is 36.4 Å². The van der Waals surface area contributed by atoms with Gasteiger partial charge >= 0.3 is 0 Å². The maximum Gasteiger partial charge on any atom is 0.274 e. The molecule has 144 valence electrons. The van der Waals surface area contributed by atoms with Gasteiger partial charge in [0.2, 0.25) is 0 Å². The Morgan fingerprint density at radius 1 is 1.11 bits per heavy atom. The minimum atomic E-state index is -0.247. The van der Waals surface area contributed by atoms with Gasteiger partial charge in [0.25, 0.3) is 5.91 Å². The molecule has 0 saturated carbocycles. The van der Waals surface area contributed by atoms with Crippen molar-refractivity contribution in [3.05, 3.63) is 47.9 Å². The van der Waals surface area contributed by atoms with Gasteiger partial charge in [-0.15, -0.1) is 10.2 Å². The summed E-state index contributed by atoms with van der Waals surface area (Å²) in [5.74, 6) is 0.277. The van der Waals surface area contributed by atoms with Crippen molar-refractivity contribution in [2.45, 2.75) is 6.42 Å². The summed E-state index contributed by atoms with van der Waals surface area (Å²) in [6.45, 7) is 4.00. The molecular formula is C19H24FN5O2. The van der Waals surface area contributed by atoms with E-state index in [2.05, 4.69) is 20.4 Å². The first-order valence-corrected chi connectivity index (χ1v) is 9.03. The van der Waals surface area contributed by atoms with Crippen LogP contribution < -0.4 is 10.2 Å². The zero-order chi connectivity index (χ0) is 19.1. The number of carbonyl (C=O) groups is 1. The van der Waals surface area contributed by atoms with Crippen molar-refractivity contribution >= 4 is 17.4 Å². The van der Waals surface area contributed by atoms with Crippen LogP contribution in [0.25, 0.3) is 0 Å². The Morgan fingerprint density at radius 2 is 1.85 bits per heavy atom. The van der Waals surface area contributed by atoms with Gasteiger partial charge in [0.15, 0.2) is 5.69 Å². The summed E-state index contributed by atoms with van der Waals surface area (Å²) in [6.07, 6.45) is 0.872. The molecule has 27 heavy (non-hydrogen) atoms. The zero-order valence-corrected chi connectivity index (χ0v) is 15.4. The Hall–Kier alpha value is -2.74. The summed E-state index contributed by atoms with van der Waals surface area (Å²) in [6, 6.07) is 9.88. The van der Waals surface area contributed by atoms with Gasteiger partial charge in [-0.1, -0.05) is 0 Å². The van der Waals surface area contributed by atoms with E-state index in [1.54, 1.807) is 36.3 Å². The van der Waals surface area contributed by atoms with Crippen LogP contribution in [0.1, 0.15) is 16.9 Å². The lowest BCUT2D eigenvalue weighted by molar-refractivity contribution is 0.0739. The molecule has 2 heterocycles. The van der Waals surface area contributed by atoms with Gasteiger partial charge in [0.05, 0.1) is 0 Å². The fraction of sp³-hybridized carbons (Fsp3) is 0.421. The molecule has 1 fully saturated rings. The minimum absolute atomic E-state index is 0.118. The number of ether oxygens (including phenoxy) is 1. The number of hydrogen-bond acceptors (Lipinski definition) is 6. The third-order valence-electron chi connectivity index (χ3n) is 4.47. The van der Waals surface area contributed by atoms with Crippen LogP contribution in [0, 0.1) is 5.82 Å². The Morgan fingerprint density at radius 3 is 2.48 bits per heavy atom.